The van der Waals surface area contributed by atoms with Gasteiger partial charge in [0.1, 0.15) is 17.2 Å². The van der Waals surface area contributed by atoms with Gasteiger partial charge in [0, 0.05) is 18.9 Å². The second-order valence-corrected chi connectivity index (χ2v) is 10.3. The van der Waals surface area contributed by atoms with Crippen molar-refractivity contribution in [1.29, 1.82) is 0 Å². The highest BCUT2D eigenvalue weighted by Crippen LogP contribution is 2.26. The summed E-state index contributed by atoms with van der Waals surface area (Å²) >= 11 is 0. The van der Waals surface area contributed by atoms with Gasteiger partial charge in [0.15, 0.2) is 9.84 Å². The van der Waals surface area contributed by atoms with E-state index in [0.29, 0.717) is 6.07 Å². The minimum absolute atomic E-state index is 0.00355. The molecule has 1 heterocycles. The van der Waals surface area contributed by atoms with Crippen LogP contribution in [0.5, 0.6) is 0 Å². The van der Waals surface area contributed by atoms with Gasteiger partial charge in [-0.25, -0.2) is 36.4 Å². The van der Waals surface area contributed by atoms with Crippen LogP contribution in [0.2, 0.25) is 0 Å². The molecule has 0 aliphatic carbocycles. The Morgan fingerprint density at radius 3 is 2.27 bits per heavy atom. The summed E-state index contributed by atoms with van der Waals surface area (Å²) in [4.78, 5) is 31.6. The van der Waals surface area contributed by atoms with Crippen molar-refractivity contribution < 1.29 is 26.7 Å². The Morgan fingerprint density at radius 1 is 1.15 bits per heavy atom. The van der Waals surface area contributed by atoms with Crippen molar-refractivity contribution in [2.45, 2.75) is 38.2 Å². The van der Waals surface area contributed by atoms with E-state index < -0.39 is 38.7 Å². The van der Waals surface area contributed by atoms with Crippen molar-refractivity contribution in [3.05, 3.63) is 58.4 Å². The van der Waals surface area contributed by atoms with Gasteiger partial charge < -0.3 is 4.74 Å². The Balaban J connectivity index is 2.46. The summed E-state index contributed by atoms with van der Waals surface area (Å²) in [5.41, 5.74) is -2.07. The zero-order valence-electron chi connectivity index (χ0n) is 18.7. The molecule has 176 valence electrons. The van der Waals surface area contributed by atoms with Gasteiger partial charge in [0.05, 0.1) is 21.5 Å². The normalized spacial score (nSPS) is 12.1. The van der Waals surface area contributed by atoms with Crippen LogP contribution in [0.4, 0.5) is 19.5 Å². The minimum atomic E-state index is -3.85. The van der Waals surface area contributed by atoms with Gasteiger partial charge >= 0.3 is 6.09 Å². The van der Waals surface area contributed by atoms with E-state index >= 15 is 0 Å². The van der Waals surface area contributed by atoms with Crippen molar-refractivity contribution in [3.63, 3.8) is 0 Å². The summed E-state index contributed by atoms with van der Waals surface area (Å²) in [5, 5.41) is -0.270. The molecule has 0 spiro atoms. The molecule has 2 aromatic carbocycles. The van der Waals surface area contributed by atoms with Crippen LogP contribution in [0.1, 0.15) is 27.7 Å². The number of amides is 1. The Kier molecular flexibility index (Phi) is 6.29. The molecular weight excluding hydrogens is 456 g/mol. The van der Waals surface area contributed by atoms with Gasteiger partial charge in [-0.1, -0.05) is 6.07 Å². The van der Waals surface area contributed by atoms with Crippen LogP contribution in [-0.2, 0) is 14.6 Å². The SMILES string of the molecule is CCN(C(=O)OC(C)(C)C)c1nc2cccc(S(C)(=O)=O)c2c(=O)n1-c1cc(F)cc(F)c1. The summed E-state index contributed by atoms with van der Waals surface area (Å²) in [6.07, 6.45) is 0.0848. The quantitative estimate of drug-likeness (QED) is 0.564. The first kappa shape index (κ1) is 24.3. The molecule has 0 saturated heterocycles. The molecule has 0 aliphatic rings. The van der Waals surface area contributed by atoms with Crippen molar-refractivity contribution in [3.8, 4) is 5.69 Å². The van der Waals surface area contributed by atoms with E-state index in [0.717, 1.165) is 27.9 Å². The summed E-state index contributed by atoms with van der Waals surface area (Å²) in [7, 11) is -3.85. The number of hydrogen-bond donors (Lipinski definition) is 0. The maximum atomic E-state index is 14.0. The number of rotatable bonds is 4. The van der Waals surface area contributed by atoms with Crippen molar-refractivity contribution >= 4 is 32.8 Å². The molecule has 0 fully saturated rings. The first-order chi connectivity index (χ1) is 15.2. The lowest BCUT2D eigenvalue weighted by Gasteiger charge is -2.27. The van der Waals surface area contributed by atoms with Gasteiger partial charge in [0.25, 0.3) is 5.56 Å². The van der Waals surface area contributed by atoms with Crippen molar-refractivity contribution in [1.82, 2.24) is 9.55 Å². The molecule has 3 rings (SSSR count). The van der Waals surface area contributed by atoms with Gasteiger partial charge in [-0.3, -0.25) is 4.79 Å². The van der Waals surface area contributed by atoms with Crippen LogP contribution in [0.25, 0.3) is 16.6 Å². The van der Waals surface area contributed by atoms with Gasteiger partial charge in [0.2, 0.25) is 5.95 Å². The molecule has 33 heavy (non-hydrogen) atoms. The number of aromatic nitrogens is 2. The fraction of sp³-hybridized carbons (Fsp3) is 0.318. The van der Waals surface area contributed by atoms with E-state index in [1.54, 1.807) is 27.7 Å². The highest BCUT2D eigenvalue weighted by molar-refractivity contribution is 7.91. The van der Waals surface area contributed by atoms with Crippen LogP contribution < -0.4 is 10.5 Å². The zero-order valence-corrected chi connectivity index (χ0v) is 19.5. The molecule has 0 aliphatic heterocycles. The van der Waals surface area contributed by atoms with Gasteiger partial charge in [-0.2, -0.15) is 0 Å². The monoisotopic (exact) mass is 479 g/mol. The third kappa shape index (κ3) is 5.03. The number of halogens is 2. The number of anilines is 1. The van der Waals surface area contributed by atoms with Crippen LogP contribution in [0, 0.1) is 11.6 Å². The van der Waals surface area contributed by atoms with Crippen LogP contribution >= 0.6 is 0 Å². The van der Waals surface area contributed by atoms with Crippen LogP contribution in [-0.4, -0.2) is 42.5 Å². The summed E-state index contributed by atoms with van der Waals surface area (Å²) in [6, 6.07) is 6.44. The number of sulfone groups is 1. The van der Waals surface area contributed by atoms with Gasteiger partial charge in [-0.05, 0) is 52.0 Å². The lowest BCUT2D eigenvalue weighted by molar-refractivity contribution is 0.0579. The zero-order chi connectivity index (χ0) is 24.7. The third-order valence-electron chi connectivity index (χ3n) is 4.52. The molecule has 8 nitrogen and oxygen atoms in total. The Hall–Kier alpha value is -3.34. The van der Waals surface area contributed by atoms with E-state index in [-0.39, 0.29) is 34.0 Å². The van der Waals surface area contributed by atoms with Crippen molar-refractivity contribution in [2.75, 3.05) is 17.7 Å². The summed E-state index contributed by atoms with van der Waals surface area (Å²) in [5.74, 6) is -2.22. The molecule has 0 bridgehead atoms. The standard InChI is InChI=1S/C22H23F2N3O5S/c1-6-26(21(29)32-22(2,3)4)20-25-16-8-7-9-17(33(5,30)31)18(16)19(28)27(20)15-11-13(23)10-14(24)12-15/h7-12H,6H2,1-5H3. The molecule has 0 unspecified atom stereocenters. The molecule has 0 atom stereocenters. The number of carbonyl (C=O) groups is 1. The number of nitrogens with zero attached hydrogens (tertiary/aromatic N) is 3. The lowest BCUT2D eigenvalue weighted by atomic mass is 10.2. The second-order valence-electron chi connectivity index (χ2n) is 8.33. The Bertz CT molecular complexity index is 1390. The van der Waals surface area contributed by atoms with E-state index in [9.17, 15) is 26.8 Å². The average molecular weight is 480 g/mol. The lowest BCUT2D eigenvalue weighted by Crippen LogP contribution is -2.40. The largest absolute Gasteiger partial charge is 0.443 e. The smallest absolute Gasteiger partial charge is 0.417 e. The molecule has 3 aromatic rings. The molecule has 0 saturated carbocycles. The van der Waals surface area contributed by atoms with Gasteiger partial charge in [-0.15, -0.1) is 0 Å². The number of benzene rings is 2. The highest BCUT2D eigenvalue weighted by Gasteiger charge is 2.28. The van der Waals surface area contributed by atoms with E-state index in [1.165, 1.54) is 18.2 Å². The third-order valence-corrected chi connectivity index (χ3v) is 5.66. The maximum Gasteiger partial charge on any atom is 0.417 e. The predicted octanol–water partition coefficient (Wildman–Crippen LogP) is 3.83. The molecule has 11 heteroatoms. The number of fused-ring (bicyclic) bond motifs is 1. The topological polar surface area (TPSA) is 98.6 Å². The molecule has 0 radical (unpaired) electrons. The second kappa shape index (κ2) is 8.54. The first-order valence-corrected chi connectivity index (χ1v) is 11.8. The average Bonchev–Trinajstić information content (AvgIpc) is 2.65. The minimum Gasteiger partial charge on any atom is -0.443 e. The fourth-order valence-corrected chi connectivity index (χ4v) is 4.14. The number of carbonyl (C=O) groups excluding carboxylic acids is 1. The Labute approximate surface area is 189 Å². The maximum absolute atomic E-state index is 14.0. The molecule has 0 N–H and O–H groups in total. The van der Waals surface area contributed by atoms with Crippen LogP contribution in [0.15, 0.2) is 46.1 Å². The van der Waals surface area contributed by atoms with E-state index in [2.05, 4.69) is 4.98 Å². The van der Waals surface area contributed by atoms with Crippen molar-refractivity contribution in [2.24, 2.45) is 0 Å². The molecular formula is C22H23F2N3O5S. The first-order valence-electron chi connectivity index (χ1n) is 9.95. The predicted molar refractivity (Wildman–Crippen MR) is 120 cm³/mol. The van der Waals surface area contributed by atoms with Crippen LogP contribution in [0.3, 0.4) is 0 Å². The highest BCUT2D eigenvalue weighted by atomic mass is 32.2. The summed E-state index contributed by atoms with van der Waals surface area (Å²) in [6.45, 7) is 6.56. The number of ether oxygens (including phenoxy) is 1. The summed E-state index contributed by atoms with van der Waals surface area (Å²) < 4.78 is 58.9. The molecule has 1 amide bonds. The fourth-order valence-electron chi connectivity index (χ4n) is 3.25. The van der Waals surface area contributed by atoms with E-state index in [1.807, 2.05) is 0 Å². The number of hydrogen-bond acceptors (Lipinski definition) is 6. The Morgan fingerprint density at radius 2 is 1.76 bits per heavy atom. The molecule has 1 aromatic heterocycles. The van der Waals surface area contributed by atoms with E-state index in [4.69, 9.17) is 4.74 Å².